The van der Waals surface area contributed by atoms with Crippen molar-refractivity contribution in [2.75, 3.05) is 7.11 Å². The van der Waals surface area contributed by atoms with Crippen molar-refractivity contribution in [2.24, 2.45) is 0 Å². The van der Waals surface area contributed by atoms with Crippen LogP contribution in [-0.2, 0) is 0 Å². The first-order valence-electron chi connectivity index (χ1n) is 6.68. The monoisotopic (exact) mass is 313 g/mol. The Balaban J connectivity index is 2.14. The standard InChI is InChI=1S/C16H12FN3O3/c1-23-14-4-2-3-10(15(14)17)13-8-18-11-6-5-9(16(21)20-22)7-12(11)19-13/h2-8,22H,1H3,(H,20,21). The second kappa shape index (κ2) is 5.98. The number of carbonyl (C=O) groups excluding carboxylic acids is 1. The Hall–Kier alpha value is -3.06. The highest BCUT2D eigenvalue weighted by Crippen LogP contribution is 2.28. The number of hydroxylamine groups is 1. The van der Waals surface area contributed by atoms with E-state index < -0.39 is 11.7 Å². The smallest absolute Gasteiger partial charge is 0.274 e. The maximum atomic E-state index is 14.3. The van der Waals surface area contributed by atoms with E-state index in [9.17, 15) is 9.18 Å². The molecule has 2 N–H and O–H groups in total. The van der Waals surface area contributed by atoms with E-state index in [-0.39, 0.29) is 16.9 Å². The van der Waals surface area contributed by atoms with E-state index in [0.717, 1.165) is 0 Å². The van der Waals surface area contributed by atoms with Crippen molar-refractivity contribution in [1.82, 2.24) is 15.4 Å². The van der Waals surface area contributed by atoms with Gasteiger partial charge in [-0.1, -0.05) is 6.07 Å². The zero-order valence-corrected chi connectivity index (χ0v) is 12.1. The second-order valence-corrected chi connectivity index (χ2v) is 4.72. The fraction of sp³-hybridized carbons (Fsp3) is 0.0625. The number of benzene rings is 2. The lowest BCUT2D eigenvalue weighted by molar-refractivity contribution is 0.0706. The molecule has 1 heterocycles. The Labute approximate surface area is 130 Å². The number of hydrogen-bond acceptors (Lipinski definition) is 5. The van der Waals surface area contributed by atoms with Crippen molar-refractivity contribution >= 4 is 16.9 Å². The lowest BCUT2D eigenvalue weighted by atomic mass is 10.1. The number of ether oxygens (including phenoxy) is 1. The van der Waals surface area contributed by atoms with Gasteiger partial charge in [0.25, 0.3) is 5.91 Å². The molecule has 0 atom stereocenters. The van der Waals surface area contributed by atoms with E-state index in [1.54, 1.807) is 23.7 Å². The van der Waals surface area contributed by atoms with Gasteiger partial charge in [-0.3, -0.25) is 15.0 Å². The van der Waals surface area contributed by atoms with Crippen molar-refractivity contribution in [3.63, 3.8) is 0 Å². The molecule has 2 aromatic carbocycles. The highest BCUT2D eigenvalue weighted by molar-refractivity contribution is 5.96. The molecule has 0 unspecified atom stereocenters. The number of nitrogens with zero attached hydrogens (tertiary/aromatic N) is 2. The van der Waals surface area contributed by atoms with Gasteiger partial charge >= 0.3 is 0 Å². The number of nitrogens with one attached hydrogen (secondary N) is 1. The van der Waals surface area contributed by atoms with Gasteiger partial charge in [0.15, 0.2) is 11.6 Å². The van der Waals surface area contributed by atoms with Crippen LogP contribution < -0.4 is 10.2 Å². The minimum Gasteiger partial charge on any atom is -0.494 e. The topological polar surface area (TPSA) is 84.3 Å². The van der Waals surface area contributed by atoms with Crippen molar-refractivity contribution in [2.45, 2.75) is 0 Å². The summed E-state index contributed by atoms with van der Waals surface area (Å²) in [4.78, 5) is 20.0. The summed E-state index contributed by atoms with van der Waals surface area (Å²) in [6.07, 6.45) is 1.45. The van der Waals surface area contributed by atoms with Crippen LogP contribution in [0.2, 0.25) is 0 Å². The number of aromatic nitrogens is 2. The number of amides is 1. The van der Waals surface area contributed by atoms with Gasteiger partial charge < -0.3 is 4.74 Å². The molecule has 1 amide bonds. The Bertz CT molecular complexity index is 899. The molecular formula is C16H12FN3O3. The Kier molecular flexibility index (Phi) is 3.86. The van der Waals surface area contributed by atoms with Crippen LogP contribution in [0, 0.1) is 5.82 Å². The van der Waals surface area contributed by atoms with Crippen molar-refractivity contribution in [1.29, 1.82) is 0 Å². The number of methoxy groups -OCH3 is 1. The van der Waals surface area contributed by atoms with Gasteiger partial charge in [0.05, 0.1) is 30.0 Å². The fourth-order valence-electron chi connectivity index (χ4n) is 2.21. The molecule has 0 aliphatic rings. The van der Waals surface area contributed by atoms with E-state index in [2.05, 4.69) is 9.97 Å². The van der Waals surface area contributed by atoms with Crippen LogP contribution in [0.5, 0.6) is 5.75 Å². The van der Waals surface area contributed by atoms with Crippen LogP contribution in [0.15, 0.2) is 42.6 Å². The molecule has 0 aliphatic heterocycles. The lowest BCUT2D eigenvalue weighted by Crippen LogP contribution is -2.18. The summed E-state index contributed by atoms with van der Waals surface area (Å²) in [5.41, 5.74) is 3.29. The summed E-state index contributed by atoms with van der Waals surface area (Å²) in [6, 6.07) is 9.30. The molecule has 6 nitrogen and oxygen atoms in total. The molecule has 1 aromatic heterocycles. The minimum absolute atomic E-state index is 0.109. The first-order chi connectivity index (χ1) is 11.1. The third kappa shape index (κ3) is 2.69. The van der Waals surface area contributed by atoms with Crippen LogP contribution in [0.3, 0.4) is 0 Å². The molecule has 0 saturated carbocycles. The van der Waals surface area contributed by atoms with Gasteiger partial charge in [0.2, 0.25) is 0 Å². The third-order valence-electron chi connectivity index (χ3n) is 3.37. The van der Waals surface area contributed by atoms with E-state index >= 15 is 0 Å². The number of halogens is 1. The zero-order valence-electron chi connectivity index (χ0n) is 12.1. The molecule has 0 saturated heterocycles. The third-order valence-corrected chi connectivity index (χ3v) is 3.37. The molecule has 0 spiro atoms. The predicted octanol–water partition coefficient (Wildman–Crippen LogP) is 2.56. The van der Waals surface area contributed by atoms with E-state index in [0.29, 0.717) is 16.7 Å². The summed E-state index contributed by atoms with van der Waals surface area (Å²) in [5, 5.41) is 8.69. The van der Waals surface area contributed by atoms with Crippen LogP contribution >= 0.6 is 0 Å². The van der Waals surface area contributed by atoms with Crippen LogP contribution in [0.1, 0.15) is 10.4 Å². The van der Waals surface area contributed by atoms with Crippen molar-refractivity contribution in [3.8, 4) is 17.0 Å². The summed E-state index contributed by atoms with van der Waals surface area (Å²) >= 11 is 0. The highest BCUT2D eigenvalue weighted by Gasteiger charge is 2.13. The maximum Gasteiger partial charge on any atom is 0.274 e. The highest BCUT2D eigenvalue weighted by atomic mass is 19.1. The number of carbonyl (C=O) groups is 1. The normalized spacial score (nSPS) is 10.6. The van der Waals surface area contributed by atoms with Gasteiger partial charge in [-0.15, -0.1) is 0 Å². The molecule has 3 rings (SSSR count). The summed E-state index contributed by atoms with van der Waals surface area (Å²) in [5.74, 6) is -1.09. The lowest BCUT2D eigenvalue weighted by Gasteiger charge is -2.08. The predicted molar refractivity (Wildman–Crippen MR) is 80.7 cm³/mol. The van der Waals surface area contributed by atoms with Crippen molar-refractivity contribution < 1.29 is 19.1 Å². The molecule has 7 heteroatoms. The average Bonchev–Trinajstić information content (AvgIpc) is 2.60. The van der Waals surface area contributed by atoms with Crippen LogP contribution in [0.4, 0.5) is 4.39 Å². The van der Waals surface area contributed by atoms with Gasteiger partial charge in [0, 0.05) is 11.1 Å². The quantitative estimate of drug-likeness (QED) is 0.573. The van der Waals surface area contributed by atoms with Crippen molar-refractivity contribution in [3.05, 3.63) is 54.0 Å². The Morgan fingerprint density at radius 3 is 2.83 bits per heavy atom. The first kappa shape index (κ1) is 14.9. The van der Waals surface area contributed by atoms with E-state index in [1.165, 1.54) is 31.5 Å². The average molecular weight is 313 g/mol. The Morgan fingerprint density at radius 1 is 1.26 bits per heavy atom. The van der Waals surface area contributed by atoms with Crippen LogP contribution in [0.25, 0.3) is 22.3 Å². The molecule has 0 radical (unpaired) electrons. The maximum absolute atomic E-state index is 14.3. The molecule has 3 aromatic rings. The fourth-order valence-corrected chi connectivity index (χ4v) is 2.21. The molecule has 116 valence electrons. The summed E-state index contributed by atoms with van der Waals surface area (Å²) in [7, 11) is 1.38. The minimum atomic E-state index is -0.660. The zero-order chi connectivity index (χ0) is 16.4. The summed E-state index contributed by atoms with van der Waals surface area (Å²) < 4.78 is 19.3. The second-order valence-electron chi connectivity index (χ2n) is 4.72. The van der Waals surface area contributed by atoms with Gasteiger partial charge in [-0.2, -0.15) is 0 Å². The SMILES string of the molecule is COc1cccc(-c2cnc3ccc(C(=O)NO)cc3n2)c1F. The number of fused-ring (bicyclic) bond motifs is 1. The molecule has 23 heavy (non-hydrogen) atoms. The molecule has 0 fully saturated rings. The van der Waals surface area contributed by atoms with Gasteiger partial charge in [-0.25, -0.2) is 14.9 Å². The largest absolute Gasteiger partial charge is 0.494 e. The number of rotatable bonds is 3. The Morgan fingerprint density at radius 2 is 2.09 bits per heavy atom. The van der Waals surface area contributed by atoms with Crippen LogP contribution in [-0.4, -0.2) is 28.2 Å². The number of hydrogen-bond donors (Lipinski definition) is 2. The molecule has 0 bridgehead atoms. The summed E-state index contributed by atoms with van der Waals surface area (Å²) in [6.45, 7) is 0. The molecule has 0 aliphatic carbocycles. The van der Waals surface area contributed by atoms with Gasteiger partial charge in [-0.05, 0) is 30.3 Å². The van der Waals surface area contributed by atoms with Gasteiger partial charge in [0.1, 0.15) is 0 Å². The molecular weight excluding hydrogens is 301 g/mol. The first-order valence-corrected chi connectivity index (χ1v) is 6.68. The van der Waals surface area contributed by atoms with E-state index in [1.807, 2.05) is 0 Å². The van der Waals surface area contributed by atoms with E-state index in [4.69, 9.17) is 9.94 Å².